The molecule has 0 amide bonds. The predicted molar refractivity (Wildman–Crippen MR) is 68.4 cm³/mol. The van der Waals surface area contributed by atoms with Crippen LogP contribution in [0.3, 0.4) is 0 Å². The normalized spacial score (nSPS) is 18.1. The van der Waals surface area contributed by atoms with Crippen molar-refractivity contribution >= 4 is 0 Å². The maximum atomic E-state index is 12.9. The molecule has 0 spiro atoms. The van der Waals surface area contributed by atoms with Crippen LogP contribution in [0.5, 0.6) is 0 Å². The highest BCUT2D eigenvalue weighted by Gasteiger charge is 2.36. The van der Waals surface area contributed by atoms with Gasteiger partial charge in [0.2, 0.25) is 0 Å². The maximum absolute atomic E-state index is 12.9. The Morgan fingerprint density at radius 3 is 2.00 bits per heavy atom. The average Bonchev–Trinajstić information content (AvgIpc) is 3.30. The van der Waals surface area contributed by atoms with Crippen LogP contribution >= 0.6 is 0 Å². The number of epoxide rings is 1. The van der Waals surface area contributed by atoms with Gasteiger partial charge < -0.3 is 4.74 Å². The third-order valence-electron chi connectivity index (χ3n) is 3.35. The molecule has 1 aromatic heterocycles. The SMILES string of the molecule is FC(F)(F)c1ccc(-c2cc([C@H]3CO3)cc(C(F)(F)F)n2)cc1. The van der Waals surface area contributed by atoms with Crippen molar-refractivity contribution in [1.29, 1.82) is 0 Å². The number of hydrogen-bond donors (Lipinski definition) is 0. The molecule has 0 unspecified atom stereocenters. The van der Waals surface area contributed by atoms with Crippen LogP contribution in [0, 0.1) is 0 Å². The van der Waals surface area contributed by atoms with Crippen molar-refractivity contribution in [2.75, 3.05) is 6.61 Å². The van der Waals surface area contributed by atoms with Crippen LogP contribution in [0.2, 0.25) is 0 Å². The molecule has 1 fully saturated rings. The second kappa shape index (κ2) is 5.23. The minimum Gasteiger partial charge on any atom is -0.368 e. The Labute approximate surface area is 126 Å². The fraction of sp³-hybridized carbons (Fsp3) is 0.267. The van der Waals surface area contributed by atoms with Gasteiger partial charge in [-0.15, -0.1) is 0 Å². The number of nitrogens with zero attached hydrogens (tertiary/aromatic N) is 1. The molecule has 2 nitrogen and oxygen atoms in total. The first-order valence-corrected chi connectivity index (χ1v) is 6.53. The lowest BCUT2D eigenvalue weighted by Crippen LogP contribution is -2.09. The van der Waals surface area contributed by atoms with Gasteiger partial charge in [-0.05, 0) is 29.8 Å². The van der Waals surface area contributed by atoms with Gasteiger partial charge in [0.05, 0.1) is 17.9 Å². The van der Waals surface area contributed by atoms with E-state index < -0.39 is 29.7 Å². The summed E-state index contributed by atoms with van der Waals surface area (Å²) in [6.45, 7) is 0.313. The zero-order valence-electron chi connectivity index (χ0n) is 11.4. The Morgan fingerprint density at radius 2 is 1.52 bits per heavy atom. The number of rotatable bonds is 2. The number of ether oxygens (including phenoxy) is 1. The highest BCUT2D eigenvalue weighted by molar-refractivity contribution is 5.61. The lowest BCUT2D eigenvalue weighted by Gasteiger charge is -2.11. The van der Waals surface area contributed by atoms with E-state index in [9.17, 15) is 26.3 Å². The van der Waals surface area contributed by atoms with Gasteiger partial charge >= 0.3 is 12.4 Å². The van der Waals surface area contributed by atoms with Crippen LogP contribution in [0.4, 0.5) is 26.3 Å². The van der Waals surface area contributed by atoms with Gasteiger partial charge in [-0.3, -0.25) is 0 Å². The summed E-state index contributed by atoms with van der Waals surface area (Å²) in [5.41, 5.74) is -1.54. The third kappa shape index (κ3) is 3.47. The number of pyridine rings is 1. The first-order valence-electron chi connectivity index (χ1n) is 6.53. The second-order valence-electron chi connectivity index (χ2n) is 5.07. The monoisotopic (exact) mass is 333 g/mol. The molecule has 0 N–H and O–H groups in total. The molecule has 3 rings (SSSR count). The van der Waals surface area contributed by atoms with Crippen molar-refractivity contribution in [3.8, 4) is 11.3 Å². The summed E-state index contributed by atoms with van der Waals surface area (Å²) < 4.78 is 81.3. The summed E-state index contributed by atoms with van der Waals surface area (Å²) in [5, 5.41) is 0. The van der Waals surface area contributed by atoms with Crippen LogP contribution in [-0.2, 0) is 17.1 Å². The van der Waals surface area contributed by atoms with E-state index in [4.69, 9.17) is 4.74 Å². The largest absolute Gasteiger partial charge is 0.433 e. The number of hydrogen-bond acceptors (Lipinski definition) is 2. The Bertz CT molecular complexity index is 716. The van der Waals surface area contributed by atoms with Gasteiger partial charge in [0.1, 0.15) is 11.8 Å². The first kappa shape index (κ1) is 15.8. The van der Waals surface area contributed by atoms with Crippen molar-refractivity contribution in [1.82, 2.24) is 4.98 Å². The molecule has 0 bridgehead atoms. The molecule has 2 heterocycles. The Morgan fingerprint density at radius 1 is 0.913 bits per heavy atom. The van der Waals surface area contributed by atoms with E-state index in [1.54, 1.807) is 0 Å². The Kier molecular flexibility index (Phi) is 3.59. The van der Waals surface area contributed by atoms with Crippen molar-refractivity contribution in [3.05, 3.63) is 53.2 Å². The molecule has 1 aliphatic heterocycles. The van der Waals surface area contributed by atoms with Crippen LogP contribution in [0.25, 0.3) is 11.3 Å². The first-order chi connectivity index (χ1) is 10.6. The Hall–Kier alpha value is -2.09. The fourth-order valence-corrected chi connectivity index (χ4v) is 2.10. The predicted octanol–water partition coefficient (Wildman–Crippen LogP) is 4.86. The molecule has 0 radical (unpaired) electrons. The topological polar surface area (TPSA) is 25.4 Å². The van der Waals surface area contributed by atoms with Gasteiger partial charge in [-0.2, -0.15) is 26.3 Å². The smallest absolute Gasteiger partial charge is 0.368 e. The van der Waals surface area contributed by atoms with Crippen LogP contribution in [0.1, 0.15) is 22.9 Å². The van der Waals surface area contributed by atoms with Crippen molar-refractivity contribution in [3.63, 3.8) is 0 Å². The van der Waals surface area contributed by atoms with E-state index in [1.165, 1.54) is 6.07 Å². The Balaban J connectivity index is 2.03. The summed E-state index contributed by atoms with van der Waals surface area (Å²) in [7, 11) is 0. The molecule has 1 saturated heterocycles. The zero-order chi connectivity index (χ0) is 16.8. The molecule has 0 aliphatic carbocycles. The van der Waals surface area contributed by atoms with Crippen molar-refractivity contribution < 1.29 is 31.1 Å². The lowest BCUT2D eigenvalue weighted by molar-refractivity contribution is -0.141. The third-order valence-corrected chi connectivity index (χ3v) is 3.35. The summed E-state index contributed by atoms with van der Waals surface area (Å²) in [4.78, 5) is 3.52. The van der Waals surface area contributed by atoms with Crippen molar-refractivity contribution in [2.24, 2.45) is 0 Å². The van der Waals surface area contributed by atoms with E-state index in [-0.39, 0.29) is 11.3 Å². The number of benzene rings is 1. The molecule has 23 heavy (non-hydrogen) atoms. The highest BCUT2D eigenvalue weighted by Crippen LogP contribution is 2.37. The number of alkyl halides is 6. The molecule has 0 saturated carbocycles. The van der Waals surface area contributed by atoms with E-state index in [0.717, 1.165) is 30.3 Å². The summed E-state index contributed by atoms with van der Waals surface area (Å²) in [6, 6.07) is 6.11. The van der Waals surface area contributed by atoms with E-state index in [1.807, 2.05) is 0 Å². The van der Waals surface area contributed by atoms with Gasteiger partial charge in [0.15, 0.2) is 0 Å². The van der Waals surface area contributed by atoms with Crippen LogP contribution in [-0.4, -0.2) is 11.6 Å². The van der Waals surface area contributed by atoms with Gasteiger partial charge in [-0.25, -0.2) is 4.98 Å². The van der Waals surface area contributed by atoms with E-state index >= 15 is 0 Å². The van der Waals surface area contributed by atoms with Gasteiger partial charge in [0, 0.05) is 5.56 Å². The molecular formula is C15H9F6NO. The quantitative estimate of drug-likeness (QED) is 0.579. The van der Waals surface area contributed by atoms with E-state index in [2.05, 4.69) is 4.98 Å². The standard InChI is InChI=1S/C15H9F6NO/c16-14(17,18)10-3-1-8(2-4-10)11-5-9(12-7-23-12)6-13(22-11)15(19,20)21/h1-6,12H,7H2/t12-/m1/s1. The molecular weight excluding hydrogens is 324 g/mol. The minimum absolute atomic E-state index is 0.0425. The fourth-order valence-electron chi connectivity index (χ4n) is 2.10. The molecule has 1 aliphatic rings. The zero-order valence-corrected chi connectivity index (χ0v) is 11.4. The molecule has 1 atom stereocenters. The van der Waals surface area contributed by atoms with E-state index in [0.29, 0.717) is 12.2 Å². The summed E-state index contributed by atoms with van der Waals surface area (Å²) in [6.07, 6.45) is -9.58. The molecule has 8 heteroatoms. The summed E-state index contributed by atoms with van der Waals surface area (Å²) >= 11 is 0. The molecule has 2 aromatic rings. The highest BCUT2D eigenvalue weighted by atomic mass is 19.4. The molecule has 122 valence electrons. The lowest BCUT2D eigenvalue weighted by atomic mass is 10.0. The minimum atomic E-state index is -4.65. The maximum Gasteiger partial charge on any atom is 0.433 e. The molecule has 1 aromatic carbocycles. The van der Waals surface area contributed by atoms with Gasteiger partial charge in [-0.1, -0.05) is 12.1 Å². The van der Waals surface area contributed by atoms with Crippen LogP contribution in [0.15, 0.2) is 36.4 Å². The summed E-state index contributed by atoms with van der Waals surface area (Å²) in [5.74, 6) is 0. The average molecular weight is 333 g/mol. The number of halogens is 6. The second-order valence-corrected chi connectivity index (χ2v) is 5.07. The van der Waals surface area contributed by atoms with Crippen molar-refractivity contribution in [2.45, 2.75) is 18.5 Å². The van der Waals surface area contributed by atoms with Gasteiger partial charge in [0.25, 0.3) is 0 Å². The van der Waals surface area contributed by atoms with Crippen LogP contribution < -0.4 is 0 Å². The number of aromatic nitrogens is 1.